The van der Waals surface area contributed by atoms with Crippen molar-refractivity contribution in [3.63, 3.8) is 0 Å². The van der Waals surface area contributed by atoms with E-state index in [1.807, 2.05) is 6.92 Å². The molecule has 226 valence electrons. The Morgan fingerprint density at radius 3 is 2.22 bits per heavy atom. The fourth-order valence-electron chi connectivity index (χ4n) is 4.88. The molecule has 2 fully saturated rings. The monoisotopic (exact) mass is 601 g/mol. The standard InChI is InChI=1S/C25H33N3O5S.C2HF3O2/c1-2-33-21-8-10-22(11-9-21)34(31,32)26-23-16-20(25(29)30)7-12-24(23)28-15-5-6-19(18-28)17-27-13-3-4-14-27;3-2(4,5)1(6)7/h7-12,16,19,26H,2-6,13-15,17-18H2,1H3,(H,29,30);(H,6,7). The fraction of sp³-hybridized carbons (Fsp3) is 0.481. The van der Waals surface area contributed by atoms with Gasteiger partial charge in [-0.2, -0.15) is 13.2 Å². The van der Waals surface area contributed by atoms with E-state index in [-0.39, 0.29) is 16.1 Å². The smallest absolute Gasteiger partial charge is 0.490 e. The van der Waals surface area contributed by atoms with Crippen molar-refractivity contribution < 1.29 is 46.1 Å². The molecule has 2 heterocycles. The van der Waals surface area contributed by atoms with Crippen molar-refractivity contribution in [2.24, 2.45) is 5.92 Å². The molecule has 1 atom stereocenters. The number of hydrogen-bond acceptors (Lipinski definition) is 7. The van der Waals surface area contributed by atoms with Gasteiger partial charge in [-0.05, 0) is 94.1 Å². The minimum absolute atomic E-state index is 0.0405. The SMILES string of the molecule is CCOc1ccc(S(=O)(=O)Nc2cc(C(=O)O)ccc2N2CCCC(CN3CCCC3)C2)cc1.O=C(O)C(F)(F)F. The molecule has 0 bridgehead atoms. The largest absolute Gasteiger partial charge is 0.494 e. The molecule has 2 aliphatic rings. The average molecular weight is 602 g/mol. The van der Waals surface area contributed by atoms with Crippen LogP contribution in [0.3, 0.4) is 0 Å². The predicted molar refractivity (Wildman–Crippen MR) is 146 cm³/mol. The topological polar surface area (TPSA) is 136 Å². The van der Waals surface area contributed by atoms with E-state index in [2.05, 4.69) is 14.5 Å². The van der Waals surface area contributed by atoms with Gasteiger partial charge in [-0.25, -0.2) is 18.0 Å². The van der Waals surface area contributed by atoms with Gasteiger partial charge in [0, 0.05) is 19.6 Å². The van der Waals surface area contributed by atoms with Gasteiger partial charge in [0.15, 0.2) is 0 Å². The number of anilines is 2. The van der Waals surface area contributed by atoms with Crippen LogP contribution in [-0.2, 0) is 14.8 Å². The van der Waals surface area contributed by atoms with E-state index >= 15 is 0 Å². The summed E-state index contributed by atoms with van der Waals surface area (Å²) in [5, 5.41) is 16.6. The Balaban J connectivity index is 0.000000587. The van der Waals surface area contributed by atoms with E-state index in [0.29, 0.717) is 24.0 Å². The number of rotatable bonds is 9. The first-order valence-corrected chi connectivity index (χ1v) is 14.7. The average Bonchev–Trinajstić information content (AvgIpc) is 3.42. The number of sulfonamides is 1. The molecule has 0 aliphatic carbocycles. The van der Waals surface area contributed by atoms with Crippen LogP contribution in [-0.4, -0.2) is 81.0 Å². The Morgan fingerprint density at radius 2 is 1.66 bits per heavy atom. The number of carboxylic acid groups (broad SMARTS) is 2. The maximum Gasteiger partial charge on any atom is 0.490 e. The summed E-state index contributed by atoms with van der Waals surface area (Å²) in [4.78, 5) is 25.3. The quantitative estimate of drug-likeness (QED) is 0.379. The van der Waals surface area contributed by atoms with Crippen molar-refractivity contribution in [1.82, 2.24) is 4.90 Å². The number of carbonyl (C=O) groups is 2. The third kappa shape index (κ3) is 9.25. The van der Waals surface area contributed by atoms with Gasteiger partial charge in [-0.15, -0.1) is 0 Å². The van der Waals surface area contributed by atoms with Crippen molar-refractivity contribution in [2.75, 3.05) is 49.0 Å². The fourth-order valence-corrected chi connectivity index (χ4v) is 5.94. The van der Waals surface area contributed by atoms with E-state index in [4.69, 9.17) is 14.6 Å². The molecule has 2 aliphatic heterocycles. The highest BCUT2D eigenvalue weighted by Crippen LogP contribution is 2.33. The number of nitrogens with one attached hydrogen (secondary N) is 1. The number of alkyl halides is 3. The number of piperidine rings is 1. The first kappa shape index (κ1) is 32.0. The van der Waals surface area contributed by atoms with Crippen LogP contribution in [0.15, 0.2) is 47.4 Å². The van der Waals surface area contributed by atoms with Crippen molar-refractivity contribution in [1.29, 1.82) is 0 Å². The molecule has 3 N–H and O–H groups in total. The Bertz CT molecular complexity index is 1300. The minimum Gasteiger partial charge on any atom is -0.494 e. The molecule has 2 aromatic rings. The maximum absolute atomic E-state index is 13.2. The second-order valence-electron chi connectivity index (χ2n) is 9.81. The second-order valence-corrected chi connectivity index (χ2v) is 11.5. The third-order valence-corrected chi connectivity index (χ3v) is 8.13. The number of ether oxygens (including phenoxy) is 1. The van der Waals surface area contributed by atoms with Crippen LogP contribution >= 0.6 is 0 Å². The Labute approximate surface area is 236 Å². The molecule has 2 saturated heterocycles. The van der Waals surface area contributed by atoms with Gasteiger partial charge in [-0.3, -0.25) is 4.72 Å². The molecule has 2 aromatic carbocycles. The molecule has 0 amide bonds. The van der Waals surface area contributed by atoms with Gasteiger partial charge < -0.3 is 24.7 Å². The lowest BCUT2D eigenvalue weighted by Crippen LogP contribution is -2.40. The van der Waals surface area contributed by atoms with Gasteiger partial charge >= 0.3 is 18.1 Å². The number of aliphatic carboxylic acids is 1. The molecule has 0 aromatic heterocycles. The summed E-state index contributed by atoms with van der Waals surface area (Å²) < 4.78 is 66.1. The number of aromatic carboxylic acids is 1. The van der Waals surface area contributed by atoms with E-state index < -0.39 is 28.1 Å². The summed E-state index contributed by atoms with van der Waals surface area (Å²) in [5.74, 6) is -2.76. The highest BCUT2D eigenvalue weighted by Gasteiger charge is 2.38. The Kier molecular flexibility index (Phi) is 10.8. The van der Waals surface area contributed by atoms with Crippen LogP contribution in [0.2, 0.25) is 0 Å². The molecule has 0 saturated carbocycles. The molecule has 10 nitrogen and oxygen atoms in total. The summed E-state index contributed by atoms with van der Waals surface area (Å²) in [6, 6.07) is 10.9. The van der Waals surface area contributed by atoms with E-state index in [0.717, 1.165) is 45.6 Å². The van der Waals surface area contributed by atoms with E-state index in [1.54, 1.807) is 18.2 Å². The summed E-state index contributed by atoms with van der Waals surface area (Å²) in [5.41, 5.74) is 1.04. The number of hydrogen-bond donors (Lipinski definition) is 3. The summed E-state index contributed by atoms with van der Waals surface area (Å²) in [7, 11) is -3.91. The van der Waals surface area contributed by atoms with Gasteiger partial charge in [0.05, 0.1) is 28.4 Å². The lowest BCUT2D eigenvalue weighted by atomic mass is 9.96. The second kappa shape index (κ2) is 13.9. The maximum atomic E-state index is 13.2. The van der Waals surface area contributed by atoms with Crippen molar-refractivity contribution in [3.05, 3.63) is 48.0 Å². The van der Waals surface area contributed by atoms with E-state index in [1.165, 1.54) is 37.1 Å². The normalized spacial score (nSPS) is 17.9. The van der Waals surface area contributed by atoms with Gasteiger partial charge in [0.25, 0.3) is 10.0 Å². The molecular formula is C27H34F3N3O7S. The minimum atomic E-state index is -5.08. The molecule has 1 unspecified atom stereocenters. The first-order valence-electron chi connectivity index (χ1n) is 13.2. The van der Waals surface area contributed by atoms with Crippen LogP contribution in [0.1, 0.15) is 43.0 Å². The third-order valence-electron chi connectivity index (χ3n) is 6.75. The summed E-state index contributed by atoms with van der Waals surface area (Å²) >= 11 is 0. The van der Waals surface area contributed by atoms with Crippen LogP contribution < -0.4 is 14.4 Å². The molecular weight excluding hydrogens is 567 g/mol. The first-order chi connectivity index (χ1) is 19.3. The van der Waals surface area contributed by atoms with Crippen LogP contribution in [0.5, 0.6) is 5.75 Å². The number of carboxylic acids is 2. The van der Waals surface area contributed by atoms with Crippen molar-refractivity contribution in [2.45, 2.75) is 43.7 Å². The van der Waals surface area contributed by atoms with Crippen LogP contribution in [0.4, 0.5) is 24.5 Å². The predicted octanol–water partition coefficient (Wildman–Crippen LogP) is 4.53. The molecule has 41 heavy (non-hydrogen) atoms. The highest BCUT2D eigenvalue weighted by molar-refractivity contribution is 7.92. The summed E-state index contributed by atoms with van der Waals surface area (Å²) in [6.45, 7) is 7.33. The zero-order valence-electron chi connectivity index (χ0n) is 22.6. The molecule has 0 radical (unpaired) electrons. The van der Waals surface area contributed by atoms with Crippen molar-refractivity contribution in [3.8, 4) is 5.75 Å². The van der Waals surface area contributed by atoms with Crippen LogP contribution in [0, 0.1) is 5.92 Å². The van der Waals surface area contributed by atoms with Crippen LogP contribution in [0.25, 0.3) is 0 Å². The number of halogens is 3. The summed E-state index contributed by atoms with van der Waals surface area (Å²) in [6.07, 6.45) is -0.410. The van der Waals surface area contributed by atoms with Gasteiger partial charge in [-0.1, -0.05) is 0 Å². The lowest BCUT2D eigenvalue weighted by molar-refractivity contribution is -0.192. The van der Waals surface area contributed by atoms with Gasteiger partial charge in [0.2, 0.25) is 0 Å². The highest BCUT2D eigenvalue weighted by atomic mass is 32.2. The molecule has 4 rings (SSSR count). The Hall–Kier alpha value is -3.52. The zero-order valence-corrected chi connectivity index (χ0v) is 23.4. The lowest BCUT2D eigenvalue weighted by Gasteiger charge is -2.37. The molecule has 0 spiro atoms. The number of likely N-dealkylation sites (tertiary alicyclic amines) is 1. The van der Waals surface area contributed by atoms with Gasteiger partial charge in [0.1, 0.15) is 5.75 Å². The molecule has 14 heteroatoms. The number of benzene rings is 2. The van der Waals surface area contributed by atoms with Crippen molar-refractivity contribution >= 4 is 33.3 Å². The Morgan fingerprint density at radius 1 is 1.02 bits per heavy atom. The zero-order chi connectivity index (χ0) is 30.2. The number of nitrogens with zero attached hydrogens (tertiary/aromatic N) is 2. The van der Waals surface area contributed by atoms with E-state index in [9.17, 15) is 31.5 Å².